The van der Waals surface area contributed by atoms with Gasteiger partial charge in [-0.3, -0.25) is 4.90 Å². The molecular formula is C22H28FN5O3. The zero-order valence-electron chi connectivity index (χ0n) is 17.9. The first kappa shape index (κ1) is 21.3. The molecule has 1 aromatic heterocycles. The van der Waals surface area contributed by atoms with Crippen molar-refractivity contribution >= 4 is 17.7 Å². The number of aromatic nitrogens is 2. The fourth-order valence-electron chi connectivity index (χ4n) is 4.42. The molecule has 0 saturated carbocycles. The van der Waals surface area contributed by atoms with E-state index in [1.807, 2.05) is 13.8 Å². The van der Waals surface area contributed by atoms with Crippen LogP contribution in [0.2, 0.25) is 0 Å². The van der Waals surface area contributed by atoms with E-state index in [0.29, 0.717) is 32.6 Å². The van der Waals surface area contributed by atoms with Crippen LogP contribution in [0.1, 0.15) is 35.0 Å². The van der Waals surface area contributed by atoms with Crippen molar-refractivity contribution in [3.8, 4) is 0 Å². The summed E-state index contributed by atoms with van der Waals surface area (Å²) in [6.07, 6.45) is 1.19. The Morgan fingerprint density at radius 1 is 1.19 bits per heavy atom. The number of nitrogens with zero attached hydrogens (tertiary/aromatic N) is 5. The van der Waals surface area contributed by atoms with E-state index in [2.05, 4.69) is 33.1 Å². The van der Waals surface area contributed by atoms with Crippen molar-refractivity contribution < 1.29 is 19.1 Å². The van der Waals surface area contributed by atoms with Crippen LogP contribution in [0, 0.1) is 6.92 Å². The van der Waals surface area contributed by atoms with Crippen LogP contribution in [0.3, 0.4) is 0 Å². The third-order valence-corrected chi connectivity index (χ3v) is 6.07. The lowest BCUT2D eigenvalue weighted by Crippen LogP contribution is -2.54. The third-order valence-electron chi connectivity index (χ3n) is 6.07. The van der Waals surface area contributed by atoms with Crippen molar-refractivity contribution in [2.45, 2.75) is 39.0 Å². The van der Waals surface area contributed by atoms with Gasteiger partial charge in [0.1, 0.15) is 6.17 Å². The number of benzene rings is 1. The van der Waals surface area contributed by atoms with Gasteiger partial charge in [-0.15, -0.1) is 0 Å². The highest BCUT2D eigenvalue weighted by Gasteiger charge is 2.30. The fourth-order valence-corrected chi connectivity index (χ4v) is 4.42. The number of carboxylic acid groups (broad SMARTS) is 1. The van der Waals surface area contributed by atoms with Gasteiger partial charge in [-0.25, -0.2) is 14.0 Å². The quantitative estimate of drug-likeness (QED) is 0.805. The molecule has 31 heavy (non-hydrogen) atoms. The van der Waals surface area contributed by atoms with Crippen molar-refractivity contribution in [3.63, 3.8) is 0 Å². The fraction of sp³-hybridized carbons (Fsp3) is 0.500. The minimum atomic E-state index is -1.16. The summed E-state index contributed by atoms with van der Waals surface area (Å²) in [6.45, 7) is 7.86. The van der Waals surface area contributed by atoms with Crippen LogP contribution in [0.25, 0.3) is 0 Å². The average Bonchev–Trinajstić information content (AvgIpc) is 3.38. The Kier molecular flexibility index (Phi) is 5.95. The summed E-state index contributed by atoms with van der Waals surface area (Å²) in [7, 11) is 0. The molecule has 166 valence electrons. The molecule has 1 N–H and O–H groups in total. The smallest absolute Gasteiger partial charge is 0.356 e. The van der Waals surface area contributed by atoms with Gasteiger partial charge >= 0.3 is 12.0 Å². The van der Waals surface area contributed by atoms with E-state index in [1.165, 1.54) is 17.8 Å². The molecule has 0 radical (unpaired) electrons. The van der Waals surface area contributed by atoms with E-state index in [1.54, 1.807) is 4.90 Å². The number of halogens is 1. The molecule has 8 nitrogen and oxygen atoms in total. The molecule has 2 fully saturated rings. The summed E-state index contributed by atoms with van der Waals surface area (Å²) in [6, 6.07) is 7.30. The molecule has 1 aromatic carbocycles. The molecule has 2 aliphatic heterocycles. The largest absolute Gasteiger partial charge is 0.476 e. The van der Waals surface area contributed by atoms with E-state index in [4.69, 9.17) is 5.11 Å². The van der Waals surface area contributed by atoms with Gasteiger partial charge in [-0.1, -0.05) is 12.1 Å². The summed E-state index contributed by atoms with van der Waals surface area (Å²) in [5.41, 5.74) is 3.28. The highest BCUT2D eigenvalue weighted by Crippen LogP contribution is 2.28. The van der Waals surface area contributed by atoms with E-state index < -0.39 is 12.1 Å². The first-order valence-corrected chi connectivity index (χ1v) is 10.6. The normalized spacial score (nSPS) is 22.2. The average molecular weight is 429 g/mol. The molecular weight excluding hydrogens is 401 g/mol. The molecule has 0 aliphatic carbocycles. The number of carbonyl (C=O) groups excluding carboxylic acids is 1. The second-order valence-electron chi connectivity index (χ2n) is 8.47. The molecule has 0 bridgehead atoms. The second-order valence-corrected chi connectivity index (χ2v) is 8.47. The lowest BCUT2D eigenvalue weighted by Gasteiger charge is -2.40. The number of hydrogen-bond acceptors (Lipinski definition) is 5. The predicted molar refractivity (Wildman–Crippen MR) is 114 cm³/mol. The standard InChI is InChI=1S/C22H28FN5O3/c1-15-3-4-17(20(11-15)26-7-5-18(23)14-26)13-25-9-10-27(16(2)12-25)22(31)28-8-6-19(24-28)21(29)30/h3-4,6,8,11,16,18H,5,7,9-10,12-14H2,1-2H3,(H,29,30)/t16-,18-/m0/s1. The van der Waals surface area contributed by atoms with Gasteiger partial charge in [0.25, 0.3) is 0 Å². The first-order chi connectivity index (χ1) is 14.8. The maximum Gasteiger partial charge on any atom is 0.356 e. The molecule has 2 atom stereocenters. The van der Waals surface area contributed by atoms with Crippen LogP contribution in [0.5, 0.6) is 0 Å². The topological polar surface area (TPSA) is 81.9 Å². The van der Waals surface area contributed by atoms with Crippen molar-refractivity contribution in [2.75, 3.05) is 37.6 Å². The second kappa shape index (κ2) is 8.66. The Labute approximate surface area is 180 Å². The maximum atomic E-state index is 13.8. The van der Waals surface area contributed by atoms with Gasteiger partial charge in [-0.2, -0.15) is 9.78 Å². The molecule has 2 saturated heterocycles. The zero-order chi connectivity index (χ0) is 22.1. The number of piperazine rings is 1. The Morgan fingerprint density at radius 2 is 2.00 bits per heavy atom. The number of carbonyl (C=O) groups is 2. The van der Waals surface area contributed by atoms with Crippen molar-refractivity contribution in [1.82, 2.24) is 19.6 Å². The molecule has 0 spiro atoms. The van der Waals surface area contributed by atoms with E-state index in [9.17, 15) is 14.0 Å². The summed E-state index contributed by atoms with van der Waals surface area (Å²) in [5.74, 6) is -1.16. The van der Waals surface area contributed by atoms with Crippen LogP contribution in [-0.2, 0) is 6.54 Å². The van der Waals surface area contributed by atoms with Crippen LogP contribution in [0.15, 0.2) is 30.5 Å². The van der Waals surface area contributed by atoms with Crippen LogP contribution in [0.4, 0.5) is 14.9 Å². The van der Waals surface area contributed by atoms with Crippen LogP contribution in [-0.4, -0.2) is 81.6 Å². The summed E-state index contributed by atoms with van der Waals surface area (Å²) in [4.78, 5) is 30.0. The molecule has 9 heteroatoms. The Hall–Kier alpha value is -2.94. The predicted octanol–water partition coefficient (Wildman–Crippen LogP) is 2.61. The molecule has 3 heterocycles. The zero-order valence-corrected chi connectivity index (χ0v) is 17.9. The first-order valence-electron chi connectivity index (χ1n) is 10.6. The highest BCUT2D eigenvalue weighted by molar-refractivity contribution is 5.86. The Morgan fingerprint density at radius 3 is 2.65 bits per heavy atom. The summed E-state index contributed by atoms with van der Waals surface area (Å²) in [5, 5.41) is 12.9. The van der Waals surface area contributed by atoms with Crippen molar-refractivity contribution in [3.05, 3.63) is 47.3 Å². The number of carboxylic acids is 1. The third kappa shape index (κ3) is 4.56. The molecule has 1 amide bonds. The van der Waals surface area contributed by atoms with E-state index >= 15 is 0 Å². The number of amides is 1. The van der Waals surface area contributed by atoms with Gasteiger partial charge < -0.3 is 14.9 Å². The SMILES string of the molecule is Cc1ccc(CN2CCN(C(=O)n3ccc(C(=O)O)n3)[C@@H](C)C2)c(N2CC[C@H](F)C2)c1. The van der Waals surface area contributed by atoms with Crippen molar-refractivity contribution in [1.29, 1.82) is 0 Å². The van der Waals surface area contributed by atoms with Gasteiger partial charge in [0.05, 0.1) is 0 Å². The lowest BCUT2D eigenvalue weighted by atomic mass is 10.1. The number of rotatable bonds is 4. The Balaban J connectivity index is 1.42. The maximum absolute atomic E-state index is 13.8. The van der Waals surface area contributed by atoms with Gasteiger partial charge in [0, 0.05) is 57.2 Å². The number of aryl methyl sites for hydroxylation is 1. The number of hydrogen-bond donors (Lipinski definition) is 1. The van der Waals surface area contributed by atoms with Crippen LogP contribution >= 0.6 is 0 Å². The minimum Gasteiger partial charge on any atom is -0.476 e. The van der Waals surface area contributed by atoms with Crippen molar-refractivity contribution in [2.24, 2.45) is 0 Å². The lowest BCUT2D eigenvalue weighted by molar-refractivity contribution is 0.0689. The highest BCUT2D eigenvalue weighted by atomic mass is 19.1. The van der Waals surface area contributed by atoms with Gasteiger partial charge in [0.2, 0.25) is 0 Å². The number of alkyl halides is 1. The summed E-state index contributed by atoms with van der Waals surface area (Å²) < 4.78 is 14.9. The molecule has 4 rings (SSSR count). The van der Waals surface area contributed by atoms with Gasteiger partial charge in [0.15, 0.2) is 5.69 Å². The number of anilines is 1. The summed E-state index contributed by atoms with van der Waals surface area (Å²) >= 11 is 0. The number of aromatic carboxylic acids is 1. The molecule has 0 unspecified atom stereocenters. The van der Waals surface area contributed by atoms with Crippen LogP contribution < -0.4 is 4.90 Å². The van der Waals surface area contributed by atoms with Gasteiger partial charge in [-0.05, 0) is 43.5 Å². The van der Waals surface area contributed by atoms with E-state index in [-0.39, 0.29) is 17.8 Å². The molecule has 2 aliphatic rings. The minimum absolute atomic E-state index is 0.0466. The molecule has 2 aromatic rings. The monoisotopic (exact) mass is 429 g/mol. The Bertz CT molecular complexity index is 978. The van der Waals surface area contributed by atoms with E-state index in [0.717, 1.165) is 29.0 Å².